The Labute approximate surface area is 164 Å². The van der Waals surface area contributed by atoms with Crippen LogP contribution in [0.1, 0.15) is 64.7 Å². The van der Waals surface area contributed by atoms with E-state index in [1.165, 1.54) is 4.88 Å². The number of nitriles is 1. The highest BCUT2D eigenvalue weighted by atomic mass is 32.1. The number of carbonyl (C=O) groups excluding carboxylic acids is 1. The molecule has 0 saturated carbocycles. The number of carbonyl (C=O) groups is 1. The number of hydrogen-bond acceptors (Lipinski definition) is 4. The Morgan fingerprint density at radius 2 is 2.07 bits per heavy atom. The van der Waals surface area contributed by atoms with Gasteiger partial charge in [0.1, 0.15) is 11.1 Å². The van der Waals surface area contributed by atoms with Crippen LogP contribution < -0.4 is 5.32 Å². The smallest absolute Gasteiger partial charge is 0.256 e. The van der Waals surface area contributed by atoms with Gasteiger partial charge in [0.15, 0.2) is 0 Å². The van der Waals surface area contributed by atoms with Crippen molar-refractivity contribution < 1.29 is 9.53 Å². The molecule has 1 aliphatic carbocycles. The molecule has 1 N–H and O–H groups in total. The van der Waals surface area contributed by atoms with E-state index in [1.807, 2.05) is 18.2 Å². The molecule has 1 aromatic carbocycles. The minimum atomic E-state index is -0.160. The van der Waals surface area contributed by atoms with Crippen LogP contribution in [0, 0.1) is 22.7 Å². The standard InChI is InChI=1S/C22H24N2O2S/c1-22(2,3)16-6-7-17-18(10-23)21(27-19(17)9-16)24-20(25)13-4-5-14-11-26-12-15(14)8-13/h4-5,8,16H,6-7,9,11-12H2,1-3H3,(H,24,25). The van der Waals surface area contributed by atoms with Crippen molar-refractivity contribution in [1.29, 1.82) is 5.26 Å². The SMILES string of the molecule is CC(C)(C)C1CCc2c(sc(NC(=O)c3ccc4c(c3)COC4)c2C#N)C1. The Hall–Kier alpha value is -2.16. The number of rotatable bonds is 2. The summed E-state index contributed by atoms with van der Waals surface area (Å²) >= 11 is 1.58. The second-order valence-electron chi connectivity index (χ2n) is 8.56. The second kappa shape index (κ2) is 6.78. The van der Waals surface area contributed by atoms with Crippen LogP contribution in [0.3, 0.4) is 0 Å². The predicted molar refractivity (Wildman–Crippen MR) is 107 cm³/mol. The van der Waals surface area contributed by atoms with Gasteiger partial charge in [-0.1, -0.05) is 26.8 Å². The van der Waals surface area contributed by atoms with Crippen molar-refractivity contribution in [3.05, 3.63) is 50.9 Å². The van der Waals surface area contributed by atoms with Gasteiger partial charge in [-0.2, -0.15) is 5.26 Å². The first-order chi connectivity index (χ1) is 12.9. The van der Waals surface area contributed by atoms with Crippen LogP contribution in [-0.2, 0) is 30.8 Å². The Morgan fingerprint density at radius 1 is 1.30 bits per heavy atom. The molecule has 5 heteroatoms. The number of amides is 1. The van der Waals surface area contributed by atoms with E-state index in [4.69, 9.17) is 4.74 Å². The number of thiophene rings is 1. The summed E-state index contributed by atoms with van der Waals surface area (Å²) in [5, 5.41) is 13.4. The zero-order valence-corrected chi connectivity index (χ0v) is 16.8. The molecule has 1 aromatic heterocycles. The van der Waals surface area contributed by atoms with E-state index in [-0.39, 0.29) is 11.3 Å². The van der Waals surface area contributed by atoms with Gasteiger partial charge in [0.25, 0.3) is 5.91 Å². The van der Waals surface area contributed by atoms with E-state index in [2.05, 4.69) is 32.2 Å². The maximum atomic E-state index is 12.8. The summed E-state index contributed by atoms with van der Waals surface area (Å²) in [6.45, 7) is 8.01. The van der Waals surface area contributed by atoms with Crippen molar-refractivity contribution in [1.82, 2.24) is 0 Å². The molecule has 2 aliphatic rings. The van der Waals surface area contributed by atoms with Crippen LogP contribution in [0.15, 0.2) is 18.2 Å². The quantitative estimate of drug-likeness (QED) is 0.793. The molecule has 0 spiro atoms. The monoisotopic (exact) mass is 380 g/mol. The first-order valence-electron chi connectivity index (χ1n) is 9.42. The number of fused-ring (bicyclic) bond motifs is 2. The zero-order valence-electron chi connectivity index (χ0n) is 16.0. The van der Waals surface area contributed by atoms with Crippen LogP contribution in [-0.4, -0.2) is 5.91 Å². The Kier molecular flexibility index (Phi) is 4.57. The number of hydrogen-bond donors (Lipinski definition) is 1. The molecule has 0 fully saturated rings. The minimum Gasteiger partial charge on any atom is -0.372 e. The molecule has 1 aliphatic heterocycles. The molecule has 0 saturated heterocycles. The van der Waals surface area contributed by atoms with Crippen LogP contribution in [0.4, 0.5) is 5.00 Å². The number of ether oxygens (including phenoxy) is 1. The van der Waals surface area contributed by atoms with Crippen molar-refractivity contribution in [2.24, 2.45) is 11.3 Å². The van der Waals surface area contributed by atoms with E-state index in [1.54, 1.807) is 11.3 Å². The summed E-state index contributed by atoms with van der Waals surface area (Å²) in [6.07, 6.45) is 3.01. The molecule has 2 aromatic rings. The summed E-state index contributed by atoms with van der Waals surface area (Å²) in [5.74, 6) is 0.447. The molecule has 27 heavy (non-hydrogen) atoms. The van der Waals surface area contributed by atoms with Crippen LogP contribution in [0.25, 0.3) is 0 Å². The van der Waals surface area contributed by atoms with Gasteiger partial charge in [0.05, 0.1) is 18.8 Å². The van der Waals surface area contributed by atoms with E-state index >= 15 is 0 Å². The third kappa shape index (κ3) is 3.40. The molecule has 140 valence electrons. The van der Waals surface area contributed by atoms with Gasteiger partial charge in [-0.15, -0.1) is 11.3 Å². The Balaban J connectivity index is 1.59. The third-order valence-corrected chi connectivity index (χ3v) is 6.98. The lowest BCUT2D eigenvalue weighted by Crippen LogP contribution is -2.26. The van der Waals surface area contributed by atoms with Crippen molar-refractivity contribution in [3.8, 4) is 6.07 Å². The number of benzene rings is 1. The van der Waals surface area contributed by atoms with Gasteiger partial charge in [-0.3, -0.25) is 4.79 Å². The highest BCUT2D eigenvalue weighted by Crippen LogP contribution is 2.44. The number of nitrogens with zero attached hydrogens (tertiary/aromatic N) is 1. The van der Waals surface area contributed by atoms with Gasteiger partial charge in [-0.25, -0.2) is 0 Å². The molecule has 2 heterocycles. The summed E-state index contributed by atoms with van der Waals surface area (Å²) in [4.78, 5) is 14.0. The predicted octanol–water partition coefficient (Wildman–Crippen LogP) is 5.05. The third-order valence-electron chi connectivity index (χ3n) is 5.81. The molecule has 0 bridgehead atoms. The topological polar surface area (TPSA) is 62.1 Å². The molecular weight excluding hydrogens is 356 g/mol. The largest absolute Gasteiger partial charge is 0.372 e. The fourth-order valence-corrected chi connectivity index (χ4v) is 5.29. The van der Waals surface area contributed by atoms with Gasteiger partial charge in [0, 0.05) is 10.4 Å². The van der Waals surface area contributed by atoms with Crippen LogP contribution >= 0.6 is 11.3 Å². The average Bonchev–Trinajstić information content (AvgIpc) is 3.23. The lowest BCUT2D eigenvalue weighted by Gasteiger charge is -2.33. The summed E-state index contributed by atoms with van der Waals surface area (Å²) < 4.78 is 5.42. The molecule has 4 rings (SSSR count). The molecule has 4 nitrogen and oxygen atoms in total. The van der Waals surface area contributed by atoms with Gasteiger partial charge >= 0.3 is 0 Å². The molecule has 0 radical (unpaired) electrons. The van der Waals surface area contributed by atoms with Gasteiger partial charge in [0.2, 0.25) is 0 Å². The van der Waals surface area contributed by atoms with Gasteiger partial charge < -0.3 is 10.1 Å². The number of anilines is 1. The average molecular weight is 381 g/mol. The first-order valence-corrected chi connectivity index (χ1v) is 10.2. The second-order valence-corrected chi connectivity index (χ2v) is 9.66. The molecular formula is C22H24N2O2S. The van der Waals surface area contributed by atoms with Crippen molar-refractivity contribution in [2.45, 2.75) is 53.2 Å². The van der Waals surface area contributed by atoms with E-state index in [0.717, 1.165) is 36.0 Å². The minimum absolute atomic E-state index is 0.160. The highest BCUT2D eigenvalue weighted by Gasteiger charge is 2.32. The van der Waals surface area contributed by atoms with E-state index < -0.39 is 0 Å². The van der Waals surface area contributed by atoms with Crippen molar-refractivity contribution in [2.75, 3.05) is 5.32 Å². The summed E-state index contributed by atoms with van der Waals surface area (Å²) in [5.41, 5.74) is 4.87. The van der Waals surface area contributed by atoms with E-state index in [9.17, 15) is 10.1 Å². The van der Waals surface area contributed by atoms with Crippen molar-refractivity contribution >= 4 is 22.2 Å². The maximum absolute atomic E-state index is 12.8. The normalized spacial score (nSPS) is 18.5. The van der Waals surface area contributed by atoms with Crippen molar-refractivity contribution in [3.63, 3.8) is 0 Å². The zero-order chi connectivity index (χ0) is 19.2. The molecule has 1 amide bonds. The Morgan fingerprint density at radius 3 is 2.81 bits per heavy atom. The summed E-state index contributed by atoms with van der Waals surface area (Å²) in [7, 11) is 0. The number of nitrogens with one attached hydrogen (secondary N) is 1. The first kappa shape index (κ1) is 18.2. The fourth-order valence-electron chi connectivity index (χ4n) is 4.02. The lowest BCUT2D eigenvalue weighted by molar-refractivity contribution is 0.102. The van der Waals surface area contributed by atoms with Gasteiger partial charge in [-0.05, 0) is 59.4 Å². The fraction of sp³-hybridized carbons (Fsp3) is 0.455. The lowest BCUT2D eigenvalue weighted by atomic mass is 9.72. The molecule has 1 unspecified atom stereocenters. The maximum Gasteiger partial charge on any atom is 0.256 e. The van der Waals surface area contributed by atoms with Crippen LogP contribution in [0.2, 0.25) is 0 Å². The summed E-state index contributed by atoms with van der Waals surface area (Å²) in [6, 6.07) is 8.01. The highest BCUT2D eigenvalue weighted by molar-refractivity contribution is 7.16. The van der Waals surface area contributed by atoms with Crippen LogP contribution in [0.5, 0.6) is 0 Å². The molecule has 1 atom stereocenters. The van der Waals surface area contributed by atoms with E-state index in [0.29, 0.717) is 35.3 Å². The Bertz CT molecular complexity index is 946.